The molecule has 1 aliphatic rings. The van der Waals surface area contributed by atoms with Crippen LogP contribution < -0.4 is 9.47 Å². The Balaban J connectivity index is 2.63. The molecule has 5 heteroatoms. The molecule has 1 saturated carbocycles. The zero-order valence-corrected chi connectivity index (χ0v) is 13.3. The molecule has 20 heavy (non-hydrogen) atoms. The predicted molar refractivity (Wildman–Crippen MR) is 79.6 cm³/mol. The SMILES string of the molecule is COc1cc(Br)c(OC)c(C2(C(=O)O)CCCCC2)c1. The second-order valence-corrected chi connectivity index (χ2v) is 5.99. The molecule has 0 saturated heterocycles. The van der Waals surface area contributed by atoms with E-state index in [0.29, 0.717) is 29.9 Å². The molecule has 0 radical (unpaired) electrons. The van der Waals surface area contributed by atoms with E-state index >= 15 is 0 Å². The van der Waals surface area contributed by atoms with Crippen LogP contribution in [0.4, 0.5) is 0 Å². The van der Waals surface area contributed by atoms with Gasteiger partial charge in [0.25, 0.3) is 0 Å². The minimum atomic E-state index is -0.874. The maximum atomic E-state index is 11.9. The van der Waals surface area contributed by atoms with Gasteiger partial charge in [-0.05, 0) is 40.9 Å². The van der Waals surface area contributed by atoms with Gasteiger partial charge in [-0.25, -0.2) is 0 Å². The van der Waals surface area contributed by atoms with Crippen LogP contribution in [-0.4, -0.2) is 25.3 Å². The molecular weight excluding hydrogens is 324 g/mol. The number of hydrogen-bond donors (Lipinski definition) is 1. The van der Waals surface area contributed by atoms with Gasteiger partial charge in [0.2, 0.25) is 0 Å². The number of halogens is 1. The standard InChI is InChI=1S/C15H19BrO4/c1-19-10-8-11(13(20-2)12(16)9-10)15(14(17)18)6-4-3-5-7-15/h8-9H,3-7H2,1-2H3,(H,17,18). The number of carbonyl (C=O) groups is 1. The molecule has 1 aromatic rings. The number of aliphatic carboxylic acids is 1. The third-order valence-corrected chi connectivity index (χ3v) is 4.68. The molecule has 1 aliphatic carbocycles. The lowest BCUT2D eigenvalue weighted by Gasteiger charge is -2.35. The maximum Gasteiger partial charge on any atom is 0.314 e. The Morgan fingerprint density at radius 2 is 1.85 bits per heavy atom. The summed E-state index contributed by atoms with van der Waals surface area (Å²) in [6, 6.07) is 3.59. The zero-order valence-electron chi connectivity index (χ0n) is 11.7. The molecular formula is C15H19BrO4. The van der Waals surface area contributed by atoms with Crippen molar-refractivity contribution in [3.63, 3.8) is 0 Å². The minimum absolute atomic E-state index is 0.593. The lowest BCUT2D eigenvalue weighted by Crippen LogP contribution is -2.38. The van der Waals surface area contributed by atoms with Gasteiger partial charge in [0.1, 0.15) is 11.5 Å². The summed E-state index contributed by atoms with van der Waals surface area (Å²) < 4.78 is 11.4. The van der Waals surface area contributed by atoms with Crippen molar-refractivity contribution in [2.24, 2.45) is 0 Å². The van der Waals surface area contributed by atoms with Crippen LogP contribution in [0.2, 0.25) is 0 Å². The predicted octanol–water partition coefficient (Wildman–Crippen LogP) is 3.75. The fourth-order valence-corrected chi connectivity index (χ4v) is 3.60. The molecule has 0 unspecified atom stereocenters. The van der Waals surface area contributed by atoms with Crippen LogP contribution in [0.15, 0.2) is 16.6 Å². The Morgan fingerprint density at radius 3 is 2.35 bits per heavy atom. The largest absolute Gasteiger partial charge is 0.497 e. The molecule has 0 aromatic heterocycles. The Bertz CT molecular complexity index is 507. The molecule has 110 valence electrons. The third kappa shape index (κ3) is 2.51. The van der Waals surface area contributed by atoms with Crippen LogP contribution in [0, 0.1) is 0 Å². The van der Waals surface area contributed by atoms with E-state index in [9.17, 15) is 9.90 Å². The molecule has 1 aromatic carbocycles. The summed E-state index contributed by atoms with van der Waals surface area (Å²) in [6.45, 7) is 0. The number of carboxylic acids is 1. The van der Waals surface area contributed by atoms with Crippen molar-refractivity contribution in [3.8, 4) is 11.5 Å². The molecule has 0 heterocycles. The summed E-state index contributed by atoms with van der Waals surface area (Å²) in [6.07, 6.45) is 4.20. The topological polar surface area (TPSA) is 55.8 Å². The van der Waals surface area contributed by atoms with E-state index < -0.39 is 11.4 Å². The highest BCUT2D eigenvalue weighted by Gasteiger charge is 2.44. The quantitative estimate of drug-likeness (QED) is 0.905. The fraction of sp³-hybridized carbons (Fsp3) is 0.533. The highest BCUT2D eigenvalue weighted by Crippen LogP contribution is 2.47. The lowest BCUT2D eigenvalue weighted by atomic mass is 9.69. The summed E-state index contributed by atoms with van der Waals surface area (Å²) in [5.41, 5.74) is -0.167. The number of benzene rings is 1. The Labute approximate surface area is 127 Å². The molecule has 0 amide bonds. The third-order valence-electron chi connectivity index (χ3n) is 4.09. The van der Waals surface area contributed by atoms with Gasteiger partial charge in [-0.15, -0.1) is 0 Å². The normalized spacial score (nSPS) is 17.6. The van der Waals surface area contributed by atoms with Crippen molar-refractivity contribution < 1.29 is 19.4 Å². The van der Waals surface area contributed by atoms with Crippen LogP contribution in [0.25, 0.3) is 0 Å². The van der Waals surface area contributed by atoms with Crippen molar-refractivity contribution >= 4 is 21.9 Å². The van der Waals surface area contributed by atoms with E-state index in [0.717, 1.165) is 23.7 Å². The van der Waals surface area contributed by atoms with E-state index in [-0.39, 0.29) is 0 Å². The number of rotatable bonds is 4. The van der Waals surface area contributed by atoms with Crippen molar-refractivity contribution in [1.82, 2.24) is 0 Å². The summed E-state index contributed by atoms with van der Waals surface area (Å²) in [5.74, 6) is 0.449. The summed E-state index contributed by atoms with van der Waals surface area (Å²) >= 11 is 3.44. The second-order valence-electron chi connectivity index (χ2n) is 5.14. The number of methoxy groups -OCH3 is 2. The van der Waals surface area contributed by atoms with Gasteiger partial charge in [-0.1, -0.05) is 19.3 Å². The van der Waals surface area contributed by atoms with E-state index in [1.54, 1.807) is 26.4 Å². The van der Waals surface area contributed by atoms with E-state index in [4.69, 9.17) is 9.47 Å². The Morgan fingerprint density at radius 1 is 1.20 bits per heavy atom. The number of ether oxygens (including phenoxy) is 2. The summed E-state index contributed by atoms with van der Waals surface area (Å²) in [7, 11) is 3.14. The Kier molecular flexibility index (Phi) is 4.58. The fourth-order valence-electron chi connectivity index (χ4n) is 3.00. The van der Waals surface area contributed by atoms with Gasteiger partial charge < -0.3 is 14.6 Å². The molecule has 1 fully saturated rings. The molecule has 0 aliphatic heterocycles. The van der Waals surface area contributed by atoms with Gasteiger partial charge in [0.15, 0.2) is 0 Å². The first-order chi connectivity index (χ1) is 9.55. The molecule has 2 rings (SSSR count). The highest BCUT2D eigenvalue weighted by atomic mass is 79.9. The summed E-state index contributed by atoms with van der Waals surface area (Å²) in [4.78, 5) is 11.9. The highest BCUT2D eigenvalue weighted by molar-refractivity contribution is 9.10. The van der Waals surface area contributed by atoms with Crippen LogP contribution in [0.1, 0.15) is 37.7 Å². The first kappa shape index (κ1) is 15.2. The average Bonchev–Trinajstić information content (AvgIpc) is 2.46. The van der Waals surface area contributed by atoms with Crippen molar-refractivity contribution in [1.29, 1.82) is 0 Å². The van der Waals surface area contributed by atoms with Crippen LogP contribution >= 0.6 is 15.9 Å². The van der Waals surface area contributed by atoms with Gasteiger partial charge in [-0.2, -0.15) is 0 Å². The van der Waals surface area contributed by atoms with E-state index in [1.807, 2.05) is 0 Å². The van der Waals surface area contributed by atoms with E-state index in [2.05, 4.69) is 15.9 Å². The van der Waals surface area contributed by atoms with Crippen molar-refractivity contribution in [2.45, 2.75) is 37.5 Å². The first-order valence-electron chi connectivity index (χ1n) is 6.70. The van der Waals surface area contributed by atoms with Gasteiger partial charge >= 0.3 is 5.97 Å². The van der Waals surface area contributed by atoms with Crippen molar-refractivity contribution in [3.05, 3.63) is 22.2 Å². The van der Waals surface area contributed by atoms with Crippen LogP contribution in [-0.2, 0) is 10.2 Å². The molecule has 0 atom stereocenters. The second kappa shape index (κ2) is 6.04. The monoisotopic (exact) mass is 342 g/mol. The molecule has 1 N–H and O–H groups in total. The smallest absolute Gasteiger partial charge is 0.314 e. The van der Waals surface area contributed by atoms with Gasteiger partial charge in [0, 0.05) is 5.56 Å². The van der Waals surface area contributed by atoms with Crippen LogP contribution in [0.3, 0.4) is 0 Å². The van der Waals surface area contributed by atoms with Gasteiger partial charge in [0.05, 0.1) is 24.1 Å². The van der Waals surface area contributed by atoms with Crippen LogP contribution in [0.5, 0.6) is 11.5 Å². The van der Waals surface area contributed by atoms with Gasteiger partial charge in [-0.3, -0.25) is 4.79 Å². The number of carboxylic acid groups (broad SMARTS) is 1. The van der Waals surface area contributed by atoms with Crippen molar-refractivity contribution in [2.75, 3.05) is 14.2 Å². The summed E-state index contributed by atoms with van der Waals surface area (Å²) in [5, 5.41) is 9.80. The number of hydrogen-bond acceptors (Lipinski definition) is 3. The van der Waals surface area contributed by atoms with E-state index in [1.165, 1.54) is 0 Å². The lowest BCUT2D eigenvalue weighted by molar-refractivity contribution is -0.145. The molecule has 4 nitrogen and oxygen atoms in total. The minimum Gasteiger partial charge on any atom is -0.497 e. The maximum absolute atomic E-state index is 11.9. The Hall–Kier alpha value is -1.23. The first-order valence-corrected chi connectivity index (χ1v) is 7.50. The average molecular weight is 343 g/mol. The molecule has 0 bridgehead atoms. The zero-order chi connectivity index (χ0) is 14.8. The molecule has 0 spiro atoms.